The molecule has 4 nitrogen and oxygen atoms in total. The van der Waals surface area contributed by atoms with Gasteiger partial charge in [0.05, 0.1) is 38.8 Å². The molecule has 0 aliphatic carbocycles. The van der Waals surface area contributed by atoms with Gasteiger partial charge in [-0.05, 0) is 34.0 Å². The van der Waals surface area contributed by atoms with Crippen LogP contribution in [0.5, 0.6) is 0 Å². The molecule has 4 aromatic heterocycles. The van der Waals surface area contributed by atoms with Crippen LogP contribution >= 0.6 is 0 Å². The van der Waals surface area contributed by atoms with Gasteiger partial charge in [0.1, 0.15) is 0 Å². The highest BCUT2D eigenvalue weighted by Gasteiger charge is 2.27. The molecule has 0 saturated carbocycles. The molecule has 0 aliphatic heterocycles. The minimum Gasteiger partial charge on any atom is -0.307 e. The van der Waals surface area contributed by atoms with Gasteiger partial charge in [0.2, 0.25) is 5.95 Å². The zero-order valence-corrected chi connectivity index (χ0v) is 30.1. The Balaban J connectivity index is 1.21. The average molecular weight is 711 g/mol. The minimum absolute atomic E-state index is 0.658. The molecular formula is C52H30N4. The van der Waals surface area contributed by atoms with E-state index in [1.807, 2.05) is 0 Å². The lowest BCUT2D eigenvalue weighted by molar-refractivity contribution is 1.02. The summed E-state index contributed by atoms with van der Waals surface area (Å²) in [5, 5.41) is 13.4. The second-order valence-corrected chi connectivity index (χ2v) is 14.9. The van der Waals surface area contributed by atoms with Crippen molar-refractivity contribution >= 4 is 92.3 Å². The summed E-state index contributed by atoms with van der Waals surface area (Å²) in [6.07, 6.45) is 0. The fourth-order valence-electron chi connectivity index (χ4n) is 9.69. The van der Waals surface area contributed by atoms with E-state index in [-0.39, 0.29) is 0 Å². The Morgan fingerprint density at radius 1 is 0.321 bits per heavy atom. The first kappa shape index (κ1) is 29.8. The van der Waals surface area contributed by atoms with Crippen molar-refractivity contribution in [3.8, 4) is 28.3 Å². The monoisotopic (exact) mass is 710 g/mol. The third-order valence-corrected chi connectivity index (χ3v) is 12.0. The van der Waals surface area contributed by atoms with Gasteiger partial charge in [-0.25, -0.2) is 9.97 Å². The number of nitrogens with zero attached hydrogens (tertiary/aromatic N) is 4. The largest absolute Gasteiger partial charge is 0.307 e. The van der Waals surface area contributed by atoms with Crippen molar-refractivity contribution in [1.29, 1.82) is 0 Å². The number of hydrogen-bond donors (Lipinski definition) is 0. The molecule has 0 fully saturated rings. The van der Waals surface area contributed by atoms with Crippen LogP contribution in [-0.4, -0.2) is 18.9 Å². The number of fused-ring (bicyclic) bond motifs is 16. The molecule has 9 aromatic carbocycles. The summed E-state index contributed by atoms with van der Waals surface area (Å²) < 4.78 is 4.90. The zero-order valence-electron chi connectivity index (χ0n) is 30.1. The van der Waals surface area contributed by atoms with Crippen molar-refractivity contribution in [2.75, 3.05) is 0 Å². The normalized spacial score (nSPS) is 12.3. The van der Waals surface area contributed by atoms with E-state index in [1.54, 1.807) is 0 Å². The summed E-state index contributed by atoms with van der Waals surface area (Å²) in [5.74, 6) is 0.658. The van der Waals surface area contributed by atoms with Crippen LogP contribution in [0.4, 0.5) is 0 Å². The molecule has 0 saturated heterocycles. The molecule has 4 heterocycles. The minimum atomic E-state index is 0.658. The van der Waals surface area contributed by atoms with Crippen LogP contribution in [0.1, 0.15) is 0 Å². The first-order valence-electron chi connectivity index (χ1n) is 19.2. The van der Waals surface area contributed by atoms with Gasteiger partial charge in [-0.3, -0.25) is 4.57 Å². The van der Waals surface area contributed by atoms with Gasteiger partial charge in [-0.1, -0.05) is 170 Å². The van der Waals surface area contributed by atoms with E-state index >= 15 is 0 Å². The van der Waals surface area contributed by atoms with Crippen LogP contribution < -0.4 is 0 Å². The van der Waals surface area contributed by atoms with Crippen LogP contribution in [0.2, 0.25) is 0 Å². The lowest BCUT2D eigenvalue weighted by Gasteiger charge is -2.13. The van der Waals surface area contributed by atoms with Crippen LogP contribution in [0.3, 0.4) is 0 Å². The van der Waals surface area contributed by atoms with Gasteiger partial charge in [0.25, 0.3) is 0 Å². The van der Waals surface area contributed by atoms with Crippen molar-refractivity contribution in [2.24, 2.45) is 0 Å². The number of rotatable bonds is 3. The third-order valence-electron chi connectivity index (χ3n) is 12.0. The van der Waals surface area contributed by atoms with Crippen LogP contribution in [-0.2, 0) is 0 Å². The molecule has 0 N–H and O–H groups in total. The topological polar surface area (TPSA) is 35.1 Å². The second kappa shape index (κ2) is 11.0. The second-order valence-electron chi connectivity index (χ2n) is 14.9. The summed E-state index contributed by atoms with van der Waals surface area (Å²) in [4.78, 5) is 10.9. The highest BCUT2D eigenvalue weighted by Crippen LogP contribution is 2.49. The van der Waals surface area contributed by atoms with E-state index in [2.05, 4.69) is 191 Å². The van der Waals surface area contributed by atoms with Crippen LogP contribution in [0.15, 0.2) is 182 Å². The molecular weight excluding hydrogens is 681 g/mol. The Morgan fingerprint density at radius 2 is 0.911 bits per heavy atom. The van der Waals surface area contributed by atoms with Crippen molar-refractivity contribution in [3.63, 3.8) is 0 Å². The smallest absolute Gasteiger partial charge is 0.235 e. The molecule has 13 rings (SSSR count). The van der Waals surface area contributed by atoms with Gasteiger partial charge in [0, 0.05) is 54.0 Å². The molecule has 0 spiro atoms. The highest BCUT2D eigenvalue weighted by molar-refractivity contribution is 6.40. The van der Waals surface area contributed by atoms with E-state index in [4.69, 9.17) is 9.97 Å². The quantitative estimate of drug-likeness (QED) is 0.183. The zero-order chi connectivity index (χ0) is 36.5. The maximum absolute atomic E-state index is 5.52. The Labute approximate surface area is 320 Å². The number of benzene rings is 9. The Kier molecular flexibility index (Phi) is 5.86. The lowest BCUT2D eigenvalue weighted by Crippen LogP contribution is -2.04. The van der Waals surface area contributed by atoms with Gasteiger partial charge >= 0.3 is 0 Å². The molecule has 13 aromatic rings. The third kappa shape index (κ3) is 3.87. The first-order valence-corrected chi connectivity index (χ1v) is 19.2. The maximum atomic E-state index is 5.52. The summed E-state index contributed by atoms with van der Waals surface area (Å²) >= 11 is 0. The van der Waals surface area contributed by atoms with E-state index in [1.165, 1.54) is 81.5 Å². The van der Waals surface area contributed by atoms with E-state index < -0.39 is 0 Å². The standard InChI is InChI=1S/C52H30N4/c1-2-13-31(14-3-1)32-25-27-34(28-26-32)47-40-19-8-10-23-43(40)53-52(54-47)55-44-24-11-9-20-41(44)46-50(55)37-18-7-6-17-36(37)45-42-22-12-21-38-39-30-29-33-15-4-5-16-35(33)48(39)56(49(38)42)51(45)46/h1-30H. The Morgan fingerprint density at radius 3 is 1.77 bits per heavy atom. The molecule has 4 heteroatoms. The van der Waals surface area contributed by atoms with Crippen molar-refractivity contribution in [1.82, 2.24) is 18.9 Å². The maximum Gasteiger partial charge on any atom is 0.235 e. The highest BCUT2D eigenvalue weighted by atomic mass is 15.2. The molecule has 0 bridgehead atoms. The molecule has 0 radical (unpaired) electrons. The van der Waals surface area contributed by atoms with Crippen molar-refractivity contribution in [2.45, 2.75) is 0 Å². The van der Waals surface area contributed by atoms with E-state index in [9.17, 15) is 0 Å². The summed E-state index contributed by atoms with van der Waals surface area (Å²) in [6.45, 7) is 0. The van der Waals surface area contributed by atoms with Gasteiger partial charge in [0.15, 0.2) is 0 Å². The fourth-order valence-corrected chi connectivity index (χ4v) is 9.69. The lowest BCUT2D eigenvalue weighted by atomic mass is 9.98. The number of hydrogen-bond acceptors (Lipinski definition) is 2. The summed E-state index contributed by atoms with van der Waals surface area (Å²) in [7, 11) is 0. The summed E-state index contributed by atoms with van der Waals surface area (Å²) in [5.41, 5.74) is 11.2. The molecule has 56 heavy (non-hydrogen) atoms. The molecule has 0 aliphatic rings. The molecule has 0 unspecified atom stereocenters. The Hall–Kier alpha value is -7.56. The molecule has 258 valence electrons. The fraction of sp³-hybridized carbons (Fsp3) is 0. The predicted molar refractivity (Wildman–Crippen MR) is 234 cm³/mol. The average Bonchev–Trinajstić information content (AvgIpc) is 3.92. The number of aromatic nitrogens is 4. The summed E-state index contributed by atoms with van der Waals surface area (Å²) in [6, 6.07) is 65.6. The van der Waals surface area contributed by atoms with E-state index in [0.717, 1.165) is 33.2 Å². The van der Waals surface area contributed by atoms with Crippen LogP contribution in [0, 0.1) is 0 Å². The van der Waals surface area contributed by atoms with Crippen LogP contribution in [0.25, 0.3) is 121 Å². The molecule has 0 amide bonds. The number of para-hydroxylation sites is 3. The molecule has 0 atom stereocenters. The van der Waals surface area contributed by atoms with Crippen molar-refractivity contribution < 1.29 is 0 Å². The Bertz CT molecular complexity index is 3740. The van der Waals surface area contributed by atoms with E-state index in [0.29, 0.717) is 5.95 Å². The first-order chi connectivity index (χ1) is 27.8. The van der Waals surface area contributed by atoms with Gasteiger partial charge in [-0.15, -0.1) is 0 Å². The van der Waals surface area contributed by atoms with Gasteiger partial charge in [-0.2, -0.15) is 0 Å². The SMILES string of the molecule is c1ccc(-c2ccc(-c3nc(-n4c5ccccc5c5c4c4ccccc4c4c6cccc7c8ccc9ccccc9c8n(c76)c45)nc4ccccc34)cc2)cc1. The van der Waals surface area contributed by atoms with Crippen molar-refractivity contribution in [3.05, 3.63) is 182 Å². The van der Waals surface area contributed by atoms with Gasteiger partial charge < -0.3 is 4.40 Å². The predicted octanol–water partition coefficient (Wildman–Crippen LogP) is 13.5.